The smallest absolute Gasteiger partial charge is 0.405 e. The molecule has 3 aromatic rings. The largest absolute Gasteiger partial charge is 0.444 e. The van der Waals surface area contributed by atoms with E-state index in [-0.39, 0.29) is 23.0 Å². The Bertz CT molecular complexity index is 1670. The molecule has 0 radical (unpaired) electrons. The van der Waals surface area contributed by atoms with Crippen LogP contribution in [0.5, 0.6) is 0 Å². The van der Waals surface area contributed by atoms with Crippen LogP contribution in [0.1, 0.15) is 45.6 Å². The van der Waals surface area contributed by atoms with Crippen LogP contribution in [0.3, 0.4) is 0 Å². The van der Waals surface area contributed by atoms with E-state index in [1.165, 1.54) is 0 Å². The van der Waals surface area contributed by atoms with E-state index in [1.54, 1.807) is 11.6 Å². The molecular weight excluding hydrogens is 584 g/mol. The molecule has 1 spiro atoms. The number of rotatable bonds is 5. The topological polar surface area (TPSA) is 128 Å². The van der Waals surface area contributed by atoms with E-state index in [1.807, 2.05) is 32.0 Å². The predicted octanol–water partition coefficient (Wildman–Crippen LogP) is 5.09. The number of nitrogens with one attached hydrogen (secondary N) is 1. The van der Waals surface area contributed by atoms with Crippen molar-refractivity contribution in [3.63, 3.8) is 0 Å². The number of amides is 1. The van der Waals surface area contributed by atoms with E-state index in [0.29, 0.717) is 59.4 Å². The molecule has 12 heteroatoms. The van der Waals surface area contributed by atoms with Crippen LogP contribution in [0, 0.1) is 22.8 Å². The maximum Gasteiger partial charge on any atom is 0.405 e. The Morgan fingerprint density at radius 2 is 2.00 bits per heavy atom. The van der Waals surface area contributed by atoms with Crippen molar-refractivity contribution < 1.29 is 14.3 Å². The number of carbonyl (C=O) groups is 1. The minimum Gasteiger partial charge on any atom is -0.444 e. The fourth-order valence-corrected chi connectivity index (χ4v) is 7.29. The van der Waals surface area contributed by atoms with Gasteiger partial charge in [-0.15, -0.1) is 5.54 Å². The van der Waals surface area contributed by atoms with Crippen molar-refractivity contribution in [2.45, 2.75) is 71.4 Å². The molecule has 10 nitrogen and oxygen atoms in total. The van der Waals surface area contributed by atoms with Crippen molar-refractivity contribution in [2.24, 2.45) is 24.1 Å². The minimum absolute atomic E-state index is 0.0375. The number of fused-ring (bicyclic) bond motifs is 1. The van der Waals surface area contributed by atoms with E-state index in [4.69, 9.17) is 31.8 Å². The van der Waals surface area contributed by atoms with Crippen LogP contribution in [0.15, 0.2) is 23.0 Å². The third-order valence-electron chi connectivity index (χ3n) is 8.73. The molecule has 0 unspecified atom stereocenters. The van der Waals surface area contributed by atoms with Gasteiger partial charge in [0.2, 0.25) is 5.95 Å². The highest BCUT2D eigenvalue weighted by Crippen LogP contribution is 2.50. The lowest BCUT2D eigenvalue weighted by atomic mass is 9.66. The third-order valence-corrected chi connectivity index (χ3v) is 10.0. The number of aromatic nitrogens is 4. The molecule has 1 amide bonds. The number of carbonyl (C=O) groups excluding carboxylic acids is 1. The van der Waals surface area contributed by atoms with Crippen LogP contribution in [-0.2, 0) is 16.5 Å². The second kappa shape index (κ2) is 11.3. The van der Waals surface area contributed by atoms with E-state index in [0.717, 1.165) is 18.4 Å². The summed E-state index contributed by atoms with van der Waals surface area (Å²) in [5.74, 6) is 4.01. The SMILES string of the molecule is C[C@@H]1OCC2(CCN(c3nc4n[nH]c(-c5cccc(C#C[Si](C)(C)C)c5Cl)c4c(=O)n3C)CC2)[C@@H]1CC(C)(C)OC(N)=O. The summed E-state index contributed by atoms with van der Waals surface area (Å²) < 4.78 is 13.2. The maximum absolute atomic E-state index is 13.8. The number of piperidine rings is 1. The molecule has 230 valence electrons. The maximum atomic E-state index is 13.8. The van der Waals surface area contributed by atoms with Crippen molar-refractivity contribution in [2.75, 3.05) is 24.6 Å². The summed E-state index contributed by atoms with van der Waals surface area (Å²) in [5, 5.41) is 8.33. The van der Waals surface area contributed by atoms with Gasteiger partial charge in [0, 0.05) is 36.7 Å². The molecule has 0 aliphatic carbocycles. The number of nitrogens with two attached hydrogens (primary N) is 1. The van der Waals surface area contributed by atoms with Crippen molar-refractivity contribution in [3.8, 4) is 22.7 Å². The van der Waals surface area contributed by atoms with Gasteiger partial charge in [0.15, 0.2) is 5.65 Å². The number of nitrogens with zero attached hydrogens (tertiary/aromatic N) is 4. The molecule has 0 bridgehead atoms. The second-order valence-corrected chi connectivity index (χ2v) is 18.7. The highest BCUT2D eigenvalue weighted by Gasteiger charge is 2.51. The quantitative estimate of drug-likeness (QED) is 0.299. The number of H-pyrrole nitrogens is 1. The minimum atomic E-state index is -1.60. The fourth-order valence-electron chi connectivity index (χ4n) is 6.51. The normalized spacial score (nSPS) is 20.3. The summed E-state index contributed by atoms with van der Waals surface area (Å²) in [5.41, 5.74) is 10.0. The molecule has 2 aliphatic heterocycles. The molecule has 1 aromatic carbocycles. The molecule has 3 N–H and O–H groups in total. The second-order valence-electron chi connectivity index (χ2n) is 13.6. The van der Waals surface area contributed by atoms with E-state index >= 15 is 0 Å². The van der Waals surface area contributed by atoms with Gasteiger partial charge in [0.25, 0.3) is 5.56 Å². The highest BCUT2D eigenvalue weighted by molar-refractivity contribution is 6.83. The Morgan fingerprint density at radius 1 is 1.30 bits per heavy atom. The number of benzene rings is 1. The van der Waals surface area contributed by atoms with Gasteiger partial charge in [0.05, 0.1) is 23.4 Å². The number of anilines is 1. The standard InChI is InChI=1S/C31H41ClN6O4Si/c1-19-22(17-30(2,3)42-28(33)40)31(18-41-19)12-14-38(15-13-31)29-34-26-23(27(39)37(29)4)25(35-36-26)21-10-8-9-20(24(21)32)11-16-43(5,6)7/h8-10,19,22H,12-15,17-18H2,1-7H3,(H2,33,40)(H,35,36)/t19-,22+/m0/s1. The van der Waals surface area contributed by atoms with Crippen molar-refractivity contribution in [3.05, 3.63) is 39.1 Å². The van der Waals surface area contributed by atoms with Gasteiger partial charge in [-0.25, -0.2) is 4.79 Å². The van der Waals surface area contributed by atoms with Crippen molar-refractivity contribution >= 4 is 42.7 Å². The van der Waals surface area contributed by atoms with Gasteiger partial charge in [-0.1, -0.05) is 49.3 Å². The molecule has 4 heterocycles. The molecule has 2 aliphatic rings. The van der Waals surface area contributed by atoms with Gasteiger partial charge in [0.1, 0.15) is 19.1 Å². The summed E-state index contributed by atoms with van der Waals surface area (Å²) >= 11 is 6.81. The van der Waals surface area contributed by atoms with Gasteiger partial charge >= 0.3 is 6.09 Å². The number of halogens is 1. The third kappa shape index (κ3) is 6.19. The van der Waals surface area contributed by atoms with E-state index in [2.05, 4.69) is 53.1 Å². The van der Waals surface area contributed by atoms with Crippen molar-refractivity contribution in [1.29, 1.82) is 0 Å². The first kappa shape index (κ1) is 31.1. The molecular formula is C31H41ClN6O4Si. The first-order valence-corrected chi connectivity index (χ1v) is 18.6. The Morgan fingerprint density at radius 3 is 2.65 bits per heavy atom. The van der Waals surface area contributed by atoms with Crippen molar-refractivity contribution in [1.82, 2.24) is 19.7 Å². The number of ether oxygens (including phenoxy) is 2. The first-order chi connectivity index (χ1) is 20.1. The summed E-state index contributed by atoms with van der Waals surface area (Å²) in [6, 6.07) is 5.64. The van der Waals surface area contributed by atoms with Gasteiger partial charge in [-0.2, -0.15) is 10.1 Å². The number of hydrogen-bond donors (Lipinski definition) is 2. The fraction of sp³-hybridized carbons (Fsp3) is 0.548. The Hall–Kier alpha value is -3.33. The summed E-state index contributed by atoms with van der Waals surface area (Å²) in [7, 11) is 0.144. The first-order valence-electron chi connectivity index (χ1n) is 14.7. The average molecular weight is 625 g/mol. The van der Waals surface area contributed by atoms with Gasteiger partial charge in [-0.05, 0) is 52.0 Å². The van der Waals surface area contributed by atoms with Crippen LogP contribution in [0.25, 0.3) is 22.3 Å². The van der Waals surface area contributed by atoms with E-state index in [9.17, 15) is 9.59 Å². The number of aromatic amines is 1. The lowest BCUT2D eigenvalue weighted by Crippen LogP contribution is -2.48. The molecule has 2 aromatic heterocycles. The zero-order chi connectivity index (χ0) is 31.3. The average Bonchev–Trinajstić information content (AvgIpc) is 3.46. The molecule has 2 fully saturated rings. The molecule has 5 rings (SSSR count). The van der Waals surface area contributed by atoms with Crippen LogP contribution >= 0.6 is 11.6 Å². The zero-order valence-corrected chi connectivity index (χ0v) is 27.8. The summed E-state index contributed by atoms with van der Waals surface area (Å²) in [4.78, 5) is 32.3. The van der Waals surface area contributed by atoms with E-state index < -0.39 is 19.8 Å². The molecule has 43 heavy (non-hydrogen) atoms. The lowest BCUT2D eigenvalue weighted by molar-refractivity contribution is 0.000168. The molecule has 2 saturated heterocycles. The number of primary amides is 1. The number of hydrogen-bond acceptors (Lipinski definition) is 7. The van der Waals surface area contributed by atoms with Gasteiger partial charge in [-0.3, -0.25) is 14.5 Å². The monoisotopic (exact) mass is 624 g/mol. The summed E-state index contributed by atoms with van der Waals surface area (Å²) in [6.07, 6.45) is 1.64. The lowest BCUT2D eigenvalue weighted by Gasteiger charge is -2.44. The molecule has 2 atom stereocenters. The predicted molar refractivity (Wildman–Crippen MR) is 172 cm³/mol. The zero-order valence-electron chi connectivity index (χ0n) is 26.0. The van der Waals surface area contributed by atoms with Crippen LogP contribution in [-0.4, -0.2) is 65.3 Å². The van der Waals surface area contributed by atoms with Gasteiger partial charge < -0.3 is 20.1 Å². The van der Waals surface area contributed by atoms with Crippen LogP contribution in [0.4, 0.5) is 10.7 Å². The highest BCUT2D eigenvalue weighted by atomic mass is 35.5. The Kier molecular flexibility index (Phi) is 8.18. The van der Waals surface area contributed by atoms with Crippen LogP contribution < -0.4 is 16.2 Å². The molecule has 0 saturated carbocycles. The van der Waals surface area contributed by atoms with Crippen LogP contribution in [0.2, 0.25) is 24.7 Å². The Balaban J connectivity index is 1.42. The summed E-state index contributed by atoms with van der Waals surface area (Å²) in [6.45, 7) is 14.5. The Labute approximate surface area is 258 Å².